The summed E-state index contributed by atoms with van der Waals surface area (Å²) in [6.07, 6.45) is 3.01. The van der Waals surface area contributed by atoms with Gasteiger partial charge in [-0.3, -0.25) is 19.0 Å². The summed E-state index contributed by atoms with van der Waals surface area (Å²) in [7, 11) is 3.42. The number of benzene rings is 2. The van der Waals surface area contributed by atoms with E-state index in [0.29, 0.717) is 34.3 Å². The molecule has 0 aliphatic carbocycles. The minimum atomic E-state index is -0.402. The molecule has 0 atom stereocenters. The minimum absolute atomic E-state index is 0.226. The Kier molecular flexibility index (Phi) is 6.65. The van der Waals surface area contributed by atoms with Crippen LogP contribution < -0.4 is 15.4 Å². The number of halogens is 1. The highest BCUT2D eigenvalue weighted by Crippen LogP contribution is 2.20. The average Bonchev–Trinajstić information content (AvgIpc) is 3.35. The third kappa shape index (κ3) is 5.10. The monoisotopic (exact) mass is 478 g/mol. The zero-order valence-electron chi connectivity index (χ0n) is 18.9. The Hall–Kier alpha value is -4.11. The summed E-state index contributed by atoms with van der Waals surface area (Å²) in [6.45, 7) is 2.20. The van der Waals surface area contributed by atoms with Crippen molar-refractivity contribution in [2.24, 2.45) is 14.1 Å². The van der Waals surface area contributed by atoms with E-state index in [1.165, 1.54) is 10.9 Å². The Balaban J connectivity index is 1.41. The van der Waals surface area contributed by atoms with Gasteiger partial charge in [-0.25, -0.2) is 0 Å². The molecule has 0 radical (unpaired) electrons. The van der Waals surface area contributed by atoms with E-state index in [4.69, 9.17) is 16.3 Å². The van der Waals surface area contributed by atoms with E-state index in [1.54, 1.807) is 61.4 Å². The molecule has 2 heterocycles. The number of nitrogens with zero attached hydrogens (tertiary/aromatic N) is 4. The molecule has 0 unspecified atom stereocenters. The van der Waals surface area contributed by atoms with Gasteiger partial charge >= 0.3 is 0 Å². The molecule has 4 rings (SSSR count). The van der Waals surface area contributed by atoms with Crippen LogP contribution in [0.1, 0.15) is 32.1 Å². The van der Waals surface area contributed by atoms with Gasteiger partial charge in [0.25, 0.3) is 11.8 Å². The summed E-state index contributed by atoms with van der Waals surface area (Å²) in [4.78, 5) is 25.7. The van der Waals surface area contributed by atoms with Crippen LogP contribution in [0.4, 0.5) is 11.4 Å². The van der Waals surface area contributed by atoms with Crippen LogP contribution in [0, 0.1) is 6.92 Å². The number of carbonyl (C=O) groups excluding carboxylic acids is 2. The van der Waals surface area contributed by atoms with Crippen LogP contribution >= 0.6 is 11.6 Å². The molecular weight excluding hydrogens is 456 g/mol. The largest absolute Gasteiger partial charge is 0.489 e. The van der Waals surface area contributed by atoms with E-state index in [2.05, 4.69) is 20.8 Å². The molecule has 2 aromatic carbocycles. The zero-order valence-corrected chi connectivity index (χ0v) is 19.6. The maximum Gasteiger partial charge on any atom is 0.276 e. The van der Waals surface area contributed by atoms with Gasteiger partial charge in [0.1, 0.15) is 18.1 Å². The summed E-state index contributed by atoms with van der Waals surface area (Å²) in [5.41, 5.74) is 3.27. The number of carbonyl (C=O) groups is 2. The number of anilines is 2. The topological polar surface area (TPSA) is 103 Å². The van der Waals surface area contributed by atoms with Crippen LogP contribution in [-0.4, -0.2) is 31.4 Å². The van der Waals surface area contributed by atoms with Crippen molar-refractivity contribution in [3.63, 3.8) is 0 Å². The van der Waals surface area contributed by atoms with Crippen LogP contribution in [0.15, 0.2) is 60.9 Å². The summed E-state index contributed by atoms with van der Waals surface area (Å²) in [5.74, 6) is -0.0547. The third-order valence-electron chi connectivity index (χ3n) is 5.32. The van der Waals surface area contributed by atoms with Crippen LogP contribution in [0.3, 0.4) is 0 Å². The number of hydrogen-bond acceptors (Lipinski definition) is 5. The molecule has 0 saturated heterocycles. The van der Waals surface area contributed by atoms with Gasteiger partial charge in [0, 0.05) is 24.7 Å². The van der Waals surface area contributed by atoms with Gasteiger partial charge in [0.05, 0.1) is 29.5 Å². The van der Waals surface area contributed by atoms with E-state index in [0.717, 1.165) is 11.3 Å². The molecule has 0 spiro atoms. The second-order valence-electron chi connectivity index (χ2n) is 7.65. The molecule has 0 aliphatic rings. The number of ether oxygens (including phenoxy) is 1. The lowest BCUT2D eigenvalue weighted by Gasteiger charge is -2.10. The lowest BCUT2D eigenvalue weighted by Crippen LogP contribution is -2.20. The van der Waals surface area contributed by atoms with Gasteiger partial charge < -0.3 is 15.4 Å². The molecule has 2 amide bonds. The average molecular weight is 479 g/mol. The Morgan fingerprint density at radius 3 is 2.15 bits per heavy atom. The fourth-order valence-corrected chi connectivity index (χ4v) is 3.37. The summed E-state index contributed by atoms with van der Waals surface area (Å²) < 4.78 is 8.79. The first-order valence-corrected chi connectivity index (χ1v) is 10.8. The van der Waals surface area contributed by atoms with Gasteiger partial charge in [-0.2, -0.15) is 10.2 Å². The van der Waals surface area contributed by atoms with Crippen LogP contribution in [0.2, 0.25) is 5.02 Å². The summed E-state index contributed by atoms with van der Waals surface area (Å²) in [5, 5.41) is 14.5. The highest BCUT2D eigenvalue weighted by atomic mass is 35.5. The second-order valence-corrected chi connectivity index (χ2v) is 8.08. The van der Waals surface area contributed by atoms with Crippen molar-refractivity contribution in [2.45, 2.75) is 13.5 Å². The van der Waals surface area contributed by atoms with Crippen molar-refractivity contribution in [1.29, 1.82) is 0 Å². The van der Waals surface area contributed by atoms with Crippen molar-refractivity contribution >= 4 is 34.8 Å². The minimum Gasteiger partial charge on any atom is -0.489 e. The van der Waals surface area contributed by atoms with Crippen LogP contribution in [0.25, 0.3) is 0 Å². The molecule has 10 heteroatoms. The van der Waals surface area contributed by atoms with Crippen molar-refractivity contribution in [3.05, 3.63) is 88.5 Å². The van der Waals surface area contributed by atoms with Gasteiger partial charge in [0.15, 0.2) is 0 Å². The standard InChI is InChI=1S/C24H23ClN6O3/c1-15-20(12-26-30(15)2)28-24(33)22-21(13-27-31(22)3)29-23(32)17-6-4-16(5-7-17)14-34-19-10-8-18(25)9-11-19/h4-13H,14H2,1-3H3,(H,28,33)(H,29,32). The smallest absolute Gasteiger partial charge is 0.276 e. The number of aromatic nitrogens is 4. The predicted octanol–water partition coefficient (Wildman–Crippen LogP) is 4.20. The molecule has 0 fully saturated rings. The molecular formula is C24H23ClN6O3. The Morgan fingerprint density at radius 2 is 1.50 bits per heavy atom. The van der Waals surface area contributed by atoms with Crippen molar-refractivity contribution in [3.8, 4) is 5.75 Å². The Bertz CT molecular complexity index is 1330. The van der Waals surface area contributed by atoms with Crippen LogP contribution in [-0.2, 0) is 20.7 Å². The normalized spacial score (nSPS) is 10.7. The fraction of sp³-hybridized carbons (Fsp3) is 0.167. The lowest BCUT2D eigenvalue weighted by atomic mass is 10.1. The second kappa shape index (κ2) is 9.80. The Labute approximate surface area is 201 Å². The molecule has 9 nitrogen and oxygen atoms in total. The predicted molar refractivity (Wildman–Crippen MR) is 129 cm³/mol. The molecule has 0 aliphatic heterocycles. The molecule has 174 valence electrons. The number of nitrogens with one attached hydrogen (secondary N) is 2. The summed E-state index contributed by atoms with van der Waals surface area (Å²) >= 11 is 5.88. The zero-order chi connectivity index (χ0) is 24.2. The number of rotatable bonds is 7. The van der Waals surface area contributed by atoms with E-state index in [-0.39, 0.29) is 11.6 Å². The van der Waals surface area contributed by atoms with Gasteiger partial charge in [-0.15, -0.1) is 0 Å². The van der Waals surface area contributed by atoms with Crippen molar-refractivity contribution in [1.82, 2.24) is 19.6 Å². The molecule has 0 saturated carbocycles. The van der Waals surface area contributed by atoms with Gasteiger partial charge in [0.2, 0.25) is 0 Å². The van der Waals surface area contributed by atoms with Gasteiger partial charge in [-0.1, -0.05) is 23.7 Å². The number of hydrogen-bond donors (Lipinski definition) is 2. The molecule has 2 N–H and O–H groups in total. The van der Waals surface area contributed by atoms with E-state index >= 15 is 0 Å². The Morgan fingerprint density at radius 1 is 0.882 bits per heavy atom. The van der Waals surface area contributed by atoms with Crippen molar-refractivity contribution < 1.29 is 14.3 Å². The van der Waals surface area contributed by atoms with E-state index in [1.807, 2.05) is 19.1 Å². The summed E-state index contributed by atoms with van der Waals surface area (Å²) in [6, 6.07) is 14.1. The maximum atomic E-state index is 12.9. The van der Waals surface area contributed by atoms with Crippen molar-refractivity contribution in [2.75, 3.05) is 10.6 Å². The first-order chi connectivity index (χ1) is 16.3. The maximum absolute atomic E-state index is 12.9. The molecule has 0 bridgehead atoms. The number of aryl methyl sites for hydroxylation is 2. The quantitative estimate of drug-likeness (QED) is 0.414. The van der Waals surface area contributed by atoms with Gasteiger partial charge in [-0.05, 0) is 48.9 Å². The molecule has 34 heavy (non-hydrogen) atoms. The highest BCUT2D eigenvalue weighted by Gasteiger charge is 2.20. The van der Waals surface area contributed by atoms with E-state index < -0.39 is 5.91 Å². The molecule has 2 aromatic heterocycles. The SMILES string of the molecule is Cc1c(NC(=O)c2c(NC(=O)c3ccc(COc4ccc(Cl)cc4)cc3)cnn2C)cnn1C. The fourth-order valence-electron chi connectivity index (χ4n) is 3.25. The van der Waals surface area contributed by atoms with Crippen LogP contribution in [0.5, 0.6) is 5.75 Å². The first kappa shape index (κ1) is 23.1. The molecule has 4 aromatic rings. The lowest BCUT2D eigenvalue weighted by molar-refractivity contribution is 0.101. The third-order valence-corrected chi connectivity index (χ3v) is 5.57. The highest BCUT2D eigenvalue weighted by molar-refractivity contribution is 6.30. The van der Waals surface area contributed by atoms with E-state index in [9.17, 15) is 9.59 Å². The first-order valence-electron chi connectivity index (χ1n) is 10.4. The number of amides is 2.